The van der Waals surface area contributed by atoms with E-state index in [0.717, 1.165) is 0 Å². The molecule has 0 amide bonds. The Labute approximate surface area is 118 Å². The summed E-state index contributed by atoms with van der Waals surface area (Å²) in [5, 5.41) is 21.1. The molecule has 0 aromatic heterocycles. The highest BCUT2D eigenvalue weighted by Crippen LogP contribution is 2.60. The number of carbonyl (C=O) groups is 1. The fourth-order valence-corrected chi connectivity index (χ4v) is 4.86. The molecular weight excluding hydrogens is 263 g/mol. The number of halogens is 1. The lowest BCUT2D eigenvalue weighted by Gasteiger charge is -2.62. The van der Waals surface area contributed by atoms with Crippen LogP contribution in [0, 0.1) is 11.8 Å². The van der Waals surface area contributed by atoms with Crippen LogP contribution in [0.4, 0.5) is 4.39 Å². The Morgan fingerprint density at radius 3 is 2.15 bits per heavy atom. The summed E-state index contributed by atoms with van der Waals surface area (Å²) in [6.07, 6.45) is 1.87. The zero-order valence-electron chi connectivity index (χ0n) is 12.1. The first-order valence-corrected chi connectivity index (χ1v) is 7.46. The van der Waals surface area contributed by atoms with Crippen LogP contribution < -0.4 is 0 Å². The number of rotatable bonds is 3. The molecule has 20 heavy (non-hydrogen) atoms. The minimum atomic E-state index is -1.26. The molecule has 2 N–H and O–H groups in total. The molecule has 0 aromatic carbocycles. The van der Waals surface area contributed by atoms with Gasteiger partial charge in [0.25, 0.3) is 0 Å². The number of ether oxygens (including phenoxy) is 1. The molecule has 114 valence electrons. The molecule has 5 heteroatoms. The maximum absolute atomic E-state index is 13.3. The highest BCUT2D eigenvalue weighted by Gasteiger charge is 2.64. The standard InChI is InChI=1S/C15H23FO4/c1-9(10(2)16)12(17)20-15-5-11-3-13(18,7-15)6-14(19,4-11)8-15/h9-11,18-19H,3-8H2,1-2H3. The molecule has 0 spiro atoms. The number of alkyl halides is 1. The monoisotopic (exact) mass is 286 g/mol. The fraction of sp³-hybridized carbons (Fsp3) is 0.933. The predicted molar refractivity (Wildman–Crippen MR) is 69.6 cm³/mol. The van der Waals surface area contributed by atoms with E-state index in [9.17, 15) is 19.4 Å². The van der Waals surface area contributed by atoms with Crippen LogP contribution in [-0.4, -0.2) is 39.2 Å². The first kappa shape index (κ1) is 14.3. The van der Waals surface area contributed by atoms with Crippen LogP contribution in [0.3, 0.4) is 0 Å². The number of esters is 1. The van der Waals surface area contributed by atoms with Crippen LogP contribution in [-0.2, 0) is 9.53 Å². The summed E-state index contributed by atoms with van der Waals surface area (Å²) >= 11 is 0. The van der Waals surface area contributed by atoms with Crippen LogP contribution >= 0.6 is 0 Å². The van der Waals surface area contributed by atoms with E-state index in [1.807, 2.05) is 0 Å². The van der Waals surface area contributed by atoms with Crippen LogP contribution in [0.1, 0.15) is 52.4 Å². The Morgan fingerprint density at radius 1 is 1.15 bits per heavy atom. The molecule has 0 radical (unpaired) electrons. The molecule has 4 nitrogen and oxygen atoms in total. The van der Waals surface area contributed by atoms with E-state index in [4.69, 9.17) is 4.74 Å². The average Bonchev–Trinajstić information content (AvgIpc) is 2.21. The largest absolute Gasteiger partial charge is 0.459 e. The third kappa shape index (κ3) is 2.25. The van der Waals surface area contributed by atoms with E-state index in [2.05, 4.69) is 0 Å². The van der Waals surface area contributed by atoms with Gasteiger partial charge in [0.1, 0.15) is 11.8 Å². The first-order valence-electron chi connectivity index (χ1n) is 7.46. The Bertz CT molecular complexity index is 418. The van der Waals surface area contributed by atoms with E-state index in [1.54, 1.807) is 0 Å². The van der Waals surface area contributed by atoms with Gasteiger partial charge < -0.3 is 14.9 Å². The molecule has 0 aliphatic heterocycles. The molecule has 4 atom stereocenters. The topological polar surface area (TPSA) is 66.8 Å². The minimum Gasteiger partial charge on any atom is -0.459 e. The minimum absolute atomic E-state index is 0.187. The molecular formula is C15H23FO4. The lowest BCUT2D eigenvalue weighted by molar-refractivity contribution is -0.262. The molecule has 0 aromatic rings. The van der Waals surface area contributed by atoms with Crippen molar-refractivity contribution in [1.82, 2.24) is 0 Å². The Balaban J connectivity index is 1.81. The number of hydrogen-bond acceptors (Lipinski definition) is 4. The van der Waals surface area contributed by atoms with Gasteiger partial charge in [0.05, 0.1) is 17.1 Å². The fourth-order valence-electron chi connectivity index (χ4n) is 4.86. The van der Waals surface area contributed by atoms with Crippen molar-refractivity contribution in [1.29, 1.82) is 0 Å². The van der Waals surface area contributed by atoms with Crippen molar-refractivity contribution >= 4 is 5.97 Å². The summed E-state index contributed by atoms with van der Waals surface area (Å²) in [7, 11) is 0. The Hall–Kier alpha value is -0.680. The summed E-state index contributed by atoms with van der Waals surface area (Å²) in [5.41, 5.74) is -2.67. The van der Waals surface area contributed by atoms with Gasteiger partial charge in [-0.15, -0.1) is 0 Å². The first-order chi connectivity index (χ1) is 9.14. The van der Waals surface area contributed by atoms with E-state index in [1.165, 1.54) is 13.8 Å². The van der Waals surface area contributed by atoms with Gasteiger partial charge >= 0.3 is 5.97 Å². The highest BCUT2D eigenvalue weighted by atomic mass is 19.1. The van der Waals surface area contributed by atoms with Gasteiger partial charge in [0.2, 0.25) is 0 Å². The second-order valence-corrected chi connectivity index (χ2v) is 7.53. The average molecular weight is 286 g/mol. The van der Waals surface area contributed by atoms with Crippen molar-refractivity contribution in [2.45, 2.75) is 75.3 Å². The van der Waals surface area contributed by atoms with Crippen LogP contribution in [0.2, 0.25) is 0 Å². The Kier molecular flexibility index (Phi) is 2.97. The smallest absolute Gasteiger partial charge is 0.312 e. The highest BCUT2D eigenvalue weighted by molar-refractivity contribution is 5.73. The van der Waals surface area contributed by atoms with Gasteiger partial charge in [-0.1, -0.05) is 0 Å². The normalized spacial score (nSPS) is 49.0. The third-order valence-electron chi connectivity index (χ3n) is 5.34. The van der Waals surface area contributed by atoms with Crippen molar-refractivity contribution < 1.29 is 24.1 Å². The maximum atomic E-state index is 13.3. The van der Waals surface area contributed by atoms with E-state index >= 15 is 0 Å². The van der Waals surface area contributed by atoms with Crippen LogP contribution in [0.25, 0.3) is 0 Å². The summed E-state index contributed by atoms with van der Waals surface area (Å²) < 4.78 is 18.9. The lowest BCUT2D eigenvalue weighted by atomic mass is 9.50. The van der Waals surface area contributed by atoms with Gasteiger partial charge in [-0.3, -0.25) is 4.79 Å². The maximum Gasteiger partial charge on any atom is 0.312 e. The zero-order chi connectivity index (χ0) is 14.8. The Morgan fingerprint density at radius 2 is 1.70 bits per heavy atom. The van der Waals surface area contributed by atoms with Crippen molar-refractivity contribution in [2.75, 3.05) is 0 Å². The van der Waals surface area contributed by atoms with E-state index in [0.29, 0.717) is 38.5 Å². The second-order valence-electron chi connectivity index (χ2n) is 7.53. The quantitative estimate of drug-likeness (QED) is 0.775. The van der Waals surface area contributed by atoms with Crippen molar-refractivity contribution in [3.63, 3.8) is 0 Å². The van der Waals surface area contributed by atoms with E-state index in [-0.39, 0.29) is 5.92 Å². The molecule has 4 rings (SSSR count). The molecule has 4 bridgehead atoms. The van der Waals surface area contributed by atoms with Gasteiger partial charge in [-0.2, -0.15) is 0 Å². The molecule has 4 fully saturated rings. The van der Waals surface area contributed by atoms with Gasteiger partial charge in [-0.25, -0.2) is 4.39 Å². The summed E-state index contributed by atoms with van der Waals surface area (Å²) in [5.74, 6) is -1.19. The summed E-state index contributed by atoms with van der Waals surface area (Å²) in [6, 6.07) is 0. The molecule has 0 heterocycles. The summed E-state index contributed by atoms with van der Waals surface area (Å²) in [6.45, 7) is 2.85. The SMILES string of the molecule is CC(F)C(C)C(=O)OC12CC3CC(O)(CC(O)(C3)C1)C2. The van der Waals surface area contributed by atoms with Crippen molar-refractivity contribution in [3.05, 3.63) is 0 Å². The molecule has 0 saturated heterocycles. The molecule has 4 saturated carbocycles. The molecule has 4 aliphatic carbocycles. The third-order valence-corrected chi connectivity index (χ3v) is 5.34. The predicted octanol–water partition coefficient (Wildman–Crippen LogP) is 1.72. The van der Waals surface area contributed by atoms with Crippen molar-refractivity contribution in [3.8, 4) is 0 Å². The number of aliphatic hydroxyl groups is 2. The van der Waals surface area contributed by atoms with Gasteiger partial charge in [-0.05, 0) is 39.0 Å². The van der Waals surface area contributed by atoms with Gasteiger partial charge in [0, 0.05) is 19.3 Å². The molecule has 4 aliphatic rings. The van der Waals surface area contributed by atoms with E-state index < -0.39 is 34.9 Å². The molecule has 4 unspecified atom stereocenters. The second kappa shape index (κ2) is 4.17. The van der Waals surface area contributed by atoms with Gasteiger partial charge in [0.15, 0.2) is 0 Å². The zero-order valence-corrected chi connectivity index (χ0v) is 12.1. The number of hydrogen-bond donors (Lipinski definition) is 2. The van der Waals surface area contributed by atoms with Crippen molar-refractivity contribution in [2.24, 2.45) is 11.8 Å². The van der Waals surface area contributed by atoms with Crippen LogP contribution in [0.5, 0.6) is 0 Å². The summed E-state index contributed by atoms with van der Waals surface area (Å²) in [4.78, 5) is 12.1. The number of carbonyl (C=O) groups excluding carboxylic acids is 1. The van der Waals surface area contributed by atoms with Crippen LogP contribution in [0.15, 0.2) is 0 Å². The lowest BCUT2D eigenvalue weighted by Crippen LogP contribution is -2.67.